The number of halogens is 3. The first-order valence-corrected chi connectivity index (χ1v) is 5.06. The Morgan fingerprint density at radius 3 is 2.29 bits per heavy atom. The van der Waals surface area contributed by atoms with Crippen molar-refractivity contribution in [2.45, 2.75) is 11.3 Å². The van der Waals surface area contributed by atoms with E-state index in [0.717, 1.165) is 4.90 Å². The third kappa shape index (κ3) is 3.87. The van der Waals surface area contributed by atoms with Gasteiger partial charge in [0.25, 0.3) is 0 Å². The molecule has 0 aromatic heterocycles. The maximum Gasteiger partial charge on any atom is 0.301 e. The predicted molar refractivity (Wildman–Crippen MR) is 52.1 cm³/mol. The highest BCUT2D eigenvalue weighted by atomic mass is 32.2. The molecular formula is C10H9F3S. The molecule has 1 aromatic rings. The highest BCUT2D eigenvalue weighted by Gasteiger charge is 2.04. The molecule has 0 atom stereocenters. The molecule has 0 fully saturated rings. The average molecular weight is 218 g/mol. The topological polar surface area (TPSA) is 0 Å². The van der Waals surface area contributed by atoms with Crippen LogP contribution in [-0.4, -0.2) is 5.75 Å². The summed E-state index contributed by atoms with van der Waals surface area (Å²) in [4.78, 5) is 0.958. The molecule has 0 saturated heterocycles. The van der Waals surface area contributed by atoms with E-state index < -0.39 is 11.9 Å². The molecule has 0 aliphatic rings. The lowest BCUT2D eigenvalue weighted by Gasteiger charge is -1.98. The zero-order valence-corrected chi connectivity index (χ0v) is 8.16. The van der Waals surface area contributed by atoms with E-state index >= 15 is 0 Å². The van der Waals surface area contributed by atoms with E-state index in [1.165, 1.54) is 11.8 Å². The van der Waals surface area contributed by atoms with Crippen LogP contribution in [0.2, 0.25) is 0 Å². The molecule has 14 heavy (non-hydrogen) atoms. The van der Waals surface area contributed by atoms with Crippen LogP contribution in [0.1, 0.15) is 6.42 Å². The van der Waals surface area contributed by atoms with Crippen LogP contribution in [0.3, 0.4) is 0 Å². The second-order valence-electron chi connectivity index (χ2n) is 2.58. The van der Waals surface area contributed by atoms with Crippen molar-refractivity contribution in [1.29, 1.82) is 0 Å². The third-order valence-electron chi connectivity index (χ3n) is 1.54. The molecule has 0 radical (unpaired) electrons. The number of allylic oxidation sites excluding steroid dienone is 1. The number of hydrogen-bond acceptors (Lipinski definition) is 1. The normalized spacial score (nSPS) is 9.93. The van der Waals surface area contributed by atoms with Gasteiger partial charge < -0.3 is 0 Å². The first-order chi connectivity index (χ1) is 6.70. The van der Waals surface area contributed by atoms with Gasteiger partial charge in [0.2, 0.25) is 0 Å². The Morgan fingerprint density at radius 1 is 1.07 bits per heavy atom. The number of thioether (sulfide) groups is 1. The van der Waals surface area contributed by atoms with E-state index in [4.69, 9.17) is 0 Å². The van der Waals surface area contributed by atoms with Gasteiger partial charge in [-0.3, -0.25) is 0 Å². The summed E-state index contributed by atoms with van der Waals surface area (Å²) in [5, 5.41) is 0. The zero-order chi connectivity index (χ0) is 10.4. The Bertz CT molecular complexity index is 304. The first-order valence-electron chi connectivity index (χ1n) is 4.07. The van der Waals surface area contributed by atoms with Crippen molar-refractivity contribution in [3.8, 4) is 0 Å². The van der Waals surface area contributed by atoms with E-state index in [-0.39, 0.29) is 6.42 Å². The molecular weight excluding hydrogens is 209 g/mol. The molecule has 0 bridgehead atoms. The quantitative estimate of drug-likeness (QED) is 0.681. The van der Waals surface area contributed by atoms with Crippen molar-refractivity contribution in [2.75, 3.05) is 5.75 Å². The summed E-state index contributed by atoms with van der Waals surface area (Å²) in [5.74, 6) is -0.985. The predicted octanol–water partition coefficient (Wildman–Crippen LogP) is 4.25. The Balaban J connectivity index is 2.33. The molecule has 0 spiro atoms. The van der Waals surface area contributed by atoms with E-state index in [1.807, 2.05) is 30.3 Å². The zero-order valence-electron chi connectivity index (χ0n) is 7.34. The van der Waals surface area contributed by atoms with Gasteiger partial charge in [-0.2, -0.15) is 8.78 Å². The Kier molecular flexibility index (Phi) is 4.59. The summed E-state index contributed by atoms with van der Waals surface area (Å²) in [7, 11) is 0. The standard InChI is InChI=1S/C10H9F3S/c11-9(10(12)13)6-7-14-8-4-2-1-3-5-8/h1-5H,6-7H2. The summed E-state index contributed by atoms with van der Waals surface area (Å²) in [6, 6.07) is 9.29. The fourth-order valence-corrected chi connectivity index (χ4v) is 1.74. The molecule has 4 heteroatoms. The van der Waals surface area contributed by atoms with Crippen molar-refractivity contribution >= 4 is 11.8 Å². The molecule has 0 amide bonds. The lowest BCUT2D eigenvalue weighted by molar-refractivity contribution is 0.373. The second-order valence-corrected chi connectivity index (χ2v) is 3.75. The number of rotatable bonds is 4. The minimum atomic E-state index is -2.21. The smallest absolute Gasteiger partial charge is 0.206 e. The minimum Gasteiger partial charge on any atom is -0.206 e. The molecule has 1 aromatic carbocycles. The molecule has 0 heterocycles. The maximum absolute atomic E-state index is 12.3. The molecule has 0 unspecified atom stereocenters. The van der Waals surface area contributed by atoms with Crippen molar-refractivity contribution < 1.29 is 13.2 Å². The summed E-state index contributed by atoms with van der Waals surface area (Å²) >= 11 is 1.36. The number of hydrogen-bond donors (Lipinski definition) is 0. The lowest BCUT2D eigenvalue weighted by atomic mass is 10.4. The van der Waals surface area contributed by atoms with Crippen molar-refractivity contribution in [2.24, 2.45) is 0 Å². The highest BCUT2D eigenvalue weighted by Crippen LogP contribution is 2.21. The molecule has 76 valence electrons. The SMILES string of the molecule is FC(F)=C(F)CCSc1ccccc1. The monoisotopic (exact) mass is 218 g/mol. The minimum absolute atomic E-state index is 0.220. The van der Waals surface area contributed by atoms with Gasteiger partial charge in [-0.1, -0.05) is 18.2 Å². The number of benzene rings is 1. The van der Waals surface area contributed by atoms with Gasteiger partial charge in [-0.15, -0.1) is 11.8 Å². The molecule has 0 aliphatic heterocycles. The largest absolute Gasteiger partial charge is 0.301 e. The molecule has 0 N–H and O–H groups in total. The summed E-state index contributed by atoms with van der Waals surface area (Å²) in [5.41, 5.74) is 0. The van der Waals surface area contributed by atoms with Gasteiger partial charge >= 0.3 is 6.08 Å². The van der Waals surface area contributed by atoms with Crippen LogP contribution in [0.25, 0.3) is 0 Å². The fraction of sp³-hybridized carbons (Fsp3) is 0.200. The van der Waals surface area contributed by atoms with E-state index in [1.54, 1.807) is 0 Å². The van der Waals surface area contributed by atoms with Crippen LogP contribution < -0.4 is 0 Å². The van der Waals surface area contributed by atoms with E-state index in [2.05, 4.69) is 0 Å². The lowest BCUT2D eigenvalue weighted by Crippen LogP contribution is -1.82. The average Bonchev–Trinajstić information content (AvgIpc) is 2.19. The van der Waals surface area contributed by atoms with Crippen LogP contribution in [0.15, 0.2) is 47.1 Å². The Hall–Kier alpha value is -0.900. The molecule has 0 saturated carbocycles. The Labute approximate surface area is 84.8 Å². The van der Waals surface area contributed by atoms with Gasteiger partial charge in [0.15, 0.2) is 5.83 Å². The van der Waals surface area contributed by atoms with Gasteiger partial charge in [0.1, 0.15) is 0 Å². The first kappa shape index (κ1) is 11.2. The summed E-state index contributed by atoms with van der Waals surface area (Å²) < 4.78 is 35.6. The van der Waals surface area contributed by atoms with E-state index in [0.29, 0.717) is 5.75 Å². The van der Waals surface area contributed by atoms with Gasteiger partial charge in [-0.05, 0) is 12.1 Å². The second kappa shape index (κ2) is 5.75. The fourth-order valence-electron chi connectivity index (χ4n) is 0.870. The molecule has 0 aliphatic carbocycles. The highest BCUT2D eigenvalue weighted by molar-refractivity contribution is 7.99. The summed E-state index contributed by atoms with van der Waals surface area (Å²) in [6.45, 7) is 0. The van der Waals surface area contributed by atoms with Crippen LogP contribution in [-0.2, 0) is 0 Å². The van der Waals surface area contributed by atoms with Crippen LogP contribution in [0, 0.1) is 0 Å². The van der Waals surface area contributed by atoms with Crippen molar-refractivity contribution in [3.05, 3.63) is 42.2 Å². The van der Waals surface area contributed by atoms with E-state index in [9.17, 15) is 13.2 Å². The van der Waals surface area contributed by atoms with Crippen molar-refractivity contribution in [1.82, 2.24) is 0 Å². The van der Waals surface area contributed by atoms with Crippen LogP contribution in [0.4, 0.5) is 13.2 Å². The van der Waals surface area contributed by atoms with Gasteiger partial charge in [-0.25, -0.2) is 4.39 Å². The summed E-state index contributed by atoms with van der Waals surface area (Å²) in [6.07, 6.45) is -2.43. The third-order valence-corrected chi connectivity index (χ3v) is 2.55. The Morgan fingerprint density at radius 2 is 1.71 bits per heavy atom. The van der Waals surface area contributed by atoms with Crippen molar-refractivity contribution in [3.63, 3.8) is 0 Å². The maximum atomic E-state index is 12.3. The molecule has 0 nitrogen and oxygen atoms in total. The van der Waals surface area contributed by atoms with Crippen LogP contribution in [0.5, 0.6) is 0 Å². The van der Waals surface area contributed by atoms with Gasteiger partial charge in [0, 0.05) is 17.1 Å². The van der Waals surface area contributed by atoms with Crippen LogP contribution >= 0.6 is 11.8 Å². The molecule has 1 rings (SSSR count). The van der Waals surface area contributed by atoms with Gasteiger partial charge in [0.05, 0.1) is 0 Å².